The van der Waals surface area contributed by atoms with Crippen molar-refractivity contribution in [2.24, 2.45) is 0 Å². The van der Waals surface area contributed by atoms with Crippen LogP contribution in [0.5, 0.6) is 34.5 Å². The second-order valence-corrected chi connectivity index (χ2v) is 10.2. The molecule has 0 aliphatic carbocycles. The van der Waals surface area contributed by atoms with Crippen LogP contribution in [0.25, 0.3) is 22.3 Å². The van der Waals surface area contributed by atoms with Crippen LogP contribution in [0.15, 0.2) is 109 Å². The highest BCUT2D eigenvalue weighted by molar-refractivity contribution is 5.96. The van der Waals surface area contributed by atoms with Gasteiger partial charge in [-0.2, -0.15) is 0 Å². The van der Waals surface area contributed by atoms with Crippen molar-refractivity contribution >= 4 is 11.9 Å². The highest BCUT2D eigenvalue weighted by Crippen LogP contribution is 2.57. The molecule has 0 saturated heterocycles. The molecule has 8 nitrogen and oxygen atoms in total. The van der Waals surface area contributed by atoms with Crippen molar-refractivity contribution in [1.29, 1.82) is 0 Å². The van der Waals surface area contributed by atoms with E-state index in [-0.39, 0.29) is 35.8 Å². The van der Waals surface area contributed by atoms with Gasteiger partial charge >= 0.3 is 11.9 Å². The number of carbonyl (C=O) groups is 2. The Balaban J connectivity index is 1.77. The molecule has 0 N–H and O–H groups in total. The maximum Gasteiger partial charge on any atom is 0.315 e. The number of methoxy groups -OCH3 is 4. The largest absolute Gasteiger partial charge is 0.497 e. The minimum atomic E-state index is -0.561. The lowest BCUT2D eigenvalue weighted by molar-refractivity contribution is -0.136. The smallest absolute Gasteiger partial charge is 0.315 e. The molecule has 5 rings (SSSR count). The summed E-state index contributed by atoms with van der Waals surface area (Å²) >= 11 is 0. The van der Waals surface area contributed by atoms with Crippen LogP contribution in [0.3, 0.4) is 0 Å². The average molecular weight is 619 g/mol. The van der Waals surface area contributed by atoms with Crippen molar-refractivity contribution < 1.29 is 38.0 Å². The predicted molar refractivity (Wildman–Crippen MR) is 175 cm³/mol. The number of carbonyl (C=O) groups excluding carboxylic acids is 2. The first-order valence-electron chi connectivity index (χ1n) is 14.6. The fourth-order valence-corrected chi connectivity index (χ4v) is 5.11. The summed E-state index contributed by atoms with van der Waals surface area (Å²) in [5, 5.41) is 0. The molecule has 0 amide bonds. The van der Waals surface area contributed by atoms with Crippen LogP contribution in [-0.2, 0) is 22.4 Å². The van der Waals surface area contributed by atoms with Gasteiger partial charge in [-0.05, 0) is 46.5 Å². The highest BCUT2D eigenvalue weighted by Gasteiger charge is 2.32. The van der Waals surface area contributed by atoms with E-state index in [1.54, 1.807) is 62.8 Å². The third-order valence-corrected chi connectivity index (χ3v) is 7.30. The molecule has 234 valence electrons. The van der Waals surface area contributed by atoms with E-state index in [9.17, 15) is 9.59 Å². The third-order valence-electron chi connectivity index (χ3n) is 7.30. The number of ether oxygens (including phenoxy) is 6. The Labute approximate surface area is 268 Å². The Bertz CT molecular complexity index is 1650. The van der Waals surface area contributed by atoms with Gasteiger partial charge in [0.2, 0.25) is 0 Å². The van der Waals surface area contributed by atoms with Crippen LogP contribution in [-0.4, -0.2) is 40.4 Å². The first kappa shape index (κ1) is 31.7. The van der Waals surface area contributed by atoms with E-state index in [1.807, 2.05) is 60.7 Å². The molecule has 46 heavy (non-hydrogen) atoms. The molecule has 0 heterocycles. The monoisotopic (exact) mass is 618 g/mol. The molecule has 5 aromatic carbocycles. The summed E-state index contributed by atoms with van der Waals surface area (Å²) in [5.74, 6) is 0.714. The summed E-state index contributed by atoms with van der Waals surface area (Å²) in [6.45, 7) is 0. The van der Waals surface area contributed by atoms with Crippen molar-refractivity contribution in [2.45, 2.75) is 12.8 Å². The van der Waals surface area contributed by atoms with Crippen LogP contribution in [0.2, 0.25) is 0 Å². The van der Waals surface area contributed by atoms with Crippen LogP contribution < -0.4 is 28.4 Å². The second kappa shape index (κ2) is 14.8. The van der Waals surface area contributed by atoms with E-state index in [2.05, 4.69) is 0 Å². The van der Waals surface area contributed by atoms with Crippen molar-refractivity contribution in [2.75, 3.05) is 28.4 Å². The quantitative estimate of drug-likeness (QED) is 0.106. The molecule has 0 spiro atoms. The zero-order chi connectivity index (χ0) is 32.5. The van der Waals surface area contributed by atoms with Gasteiger partial charge in [0.25, 0.3) is 0 Å². The standard InChI is InChI=1S/C38H34O8/c1-41-29-19-15-27(16-20-29)33-35(43-3)36(44-4)34(28-17-21-30(42-2)22-18-28)38(46-32(40)24-26-13-9-6-10-14-26)37(33)45-31(39)23-25-11-7-5-8-12-25/h5-22H,23-24H2,1-4H3. The van der Waals surface area contributed by atoms with Gasteiger partial charge in [-0.15, -0.1) is 0 Å². The summed E-state index contributed by atoms with van der Waals surface area (Å²) < 4.78 is 35.1. The topological polar surface area (TPSA) is 89.5 Å². The minimum absolute atomic E-state index is 0.0102. The lowest BCUT2D eigenvalue weighted by Gasteiger charge is -2.24. The molecular weight excluding hydrogens is 584 g/mol. The van der Waals surface area contributed by atoms with Crippen LogP contribution >= 0.6 is 0 Å². The van der Waals surface area contributed by atoms with Crippen molar-refractivity contribution in [3.63, 3.8) is 0 Å². The Morgan fingerprint density at radius 1 is 0.435 bits per heavy atom. The molecule has 0 atom stereocenters. The average Bonchev–Trinajstić information content (AvgIpc) is 3.09. The molecule has 0 radical (unpaired) electrons. The van der Waals surface area contributed by atoms with Gasteiger partial charge in [0.1, 0.15) is 11.5 Å². The predicted octanol–water partition coefficient (Wildman–Crippen LogP) is 7.35. The van der Waals surface area contributed by atoms with E-state index in [1.165, 1.54) is 14.2 Å². The maximum absolute atomic E-state index is 13.6. The zero-order valence-electron chi connectivity index (χ0n) is 26.1. The highest BCUT2D eigenvalue weighted by atomic mass is 16.6. The summed E-state index contributed by atoms with van der Waals surface area (Å²) in [5.41, 5.74) is 3.47. The van der Waals surface area contributed by atoms with Gasteiger partial charge in [-0.1, -0.05) is 84.9 Å². The summed E-state index contributed by atoms with van der Waals surface area (Å²) in [6.07, 6.45) is -0.0426. The van der Waals surface area contributed by atoms with E-state index >= 15 is 0 Å². The molecule has 0 bridgehead atoms. The number of benzene rings is 5. The van der Waals surface area contributed by atoms with Crippen LogP contribution in [0, 0.1) is 0 Å². The lowest BCUT2D eigenvalue weighted by Crippen LogP contribution is -2.17. The molecule has 0 saturated carbocycles. The van der Waals surface area contributed by atoms with E-state index in [0.29, 0.717) is 33.8 Å². The lowest BCUT2D eigenvalue weighted by atomic mass is 9.94. The summed E-state index contributed by atoms with van der Waals surface area (Å²) in [4.78, 5) is 27.2. The van der Waals surface area contributed by atoms with E-state index in [4.69, 9.17) is 28.4 Å². The Morgan fingerprint density at radius 2 is 0.783 bits per heavy atom. The number of esters is 2. The molecule has 8 heteroatoms. The van der Waals surface area contributed by atoms with Crippen molar-refractivity contribution in [3.05, 3.63) is 120 Å². The molecule has 0 aliphatic rings. The molecule has 0 aromatic heterocycles. The van der Waals surface area contributed by atoms with Gasteiger partial charge in [-0.3, -0.25) is 9.59 Å². The maximum atomic E-state index is 13.6. The molecule has 0 aliphatic heterocycles. The first-order valence-corrected chi connectivity index (χ1v) is 14.6. The van der Waals surface area contributed by atoms with Gasteiger partial charge in [0, 0.05) is 0 Å². The fraction of sp³-hybridized carbons (Fsp3) is 0.158. The molecular formula is C38H34O8. The molecule has 0 unspecified atom stereocenters. The Kier molecular flexibility index (Phi) is 10.2. The van der Waals surface area contributed by atoms with Crippen LogP contribution in [0.4, 0.5) is 0 Å². The second-order valence-electron chi connectivity index (χ2n) is 10.2. The third kappa shape index (κ3) is 7.13. The zero-order valence-corrected chi connectivity index (χ0v) is 26.1. The minimum Gasteiger partial charge on any atom is -0.497 e. The van der Waals surface area contributed by atoms with Gasteiger partial charge in [-0.25, -0.2) is 0 Å². The number of rotatable bonds is 12. The van der Waals surface area contributed by atoms with E-state index in [0.717, 1.165) is 11.1 Å². The Hall–Kier alpha value is -5.76. The first-order chi connectivity index (χ1) is 22.4. The van der Waals surface area contributed by atoms with Gasteiger partial charge in [0.05, 0.1) is 52.4 Å². The normalized spacial score (nSPS) is 10.5. The number of hydrogen-bond acceptors (Lipinski definition) is 8. The summed E-state index contributed by atoms with van der Waals surface area (Å²) in [6, 6.07) is 32.8. The van der Waals surface area contributed by atoms with Crippen LogP contribution in [0.1, 0.15) is 11.1 Å². The van der Waals surface area contributed by atoms with Gasteiger partial charge in [0.15, 0.2) is 23.0 Å². The van der Waals surface area contributed by atoms with Crippen molar-refractivity contribution in [1.82, 2.24) is 0 Å². The SMILES string of the molecule is COc1ccc(-c2c(OC)c(OC)c(-c3ccc(OC)cc3)c(OC(=O)Cc3ccccc3)c2OC(=O)Cc2ccccc2)cc1. The van der Waals surface area contributed by atoms with Gasteiger partial charge < -0.3 is 28.4 Å². The molecule has 0 fully saturated rings. The molecule has 5 aromatic rings. The Morgan fingerprint density at radius 3 is 1.09 bits per heavy atom. The fourth-order valence-electron chi connectivity index (χ4n) is 5.11. The number of hydrogen-bond donors (Lipinski definition) is 0. The van der Waals surface area contributed by atoms with Crippen molar-refractivity contribution in [3.8, 4) is 56.8 Å². The summed E-state index contributed by atoms with van der Waals surface area (Å²) in [7, 11) is 6.14. The van der Waals surface area contributed by atoms with E-state index < -0.39 is 11.9 Å².